The highest BCUT2D eigenvalue weighted by Gasteiger charge is 2.12. The molecule has 2 N–H and O–H groups in total. The molecule has 0 bridgehead atoms. The van der Waals surface area contributed by atoms with Crippen LogP contribution in [0, 0.1) is 0 Å². The number of phenols is 2. The zero-order valence-corrected chi connectivity index (χ0v) is 12.7. The zero-order valence-electron chi connectivity index (χ0n) is 12.7. The lowest BCUT2D eigenvalue weighted by atomic mass is 10.2. The van der Waals surface area contributed by atoms with E-state index in [-0.39, 0.29) is 11.5 Å². The van der Waals surface area contributed by atoms with Gasteiger partial charge in [0.1, 0.15) is 23.9 Å². The van der Waals surface area contributed by atoms with Gasteiger partial charge in [-0.25, -0.2) is 0 Å². The van der Waals surface area contributed by atoms with E-state index >= 15 is 0 Å². The molecule has 0 unspecified atom stereocenters. The van der Waals surface area contributed by atoms with Crippen molar-refractivity contribution < 1.29 is 14.9 Å². The fraction of sp³-hybridized carbons (Fsp3) is 0.222. The first-order valence-corrected chi connectivity index (χ1v) is 7.29. The Bertz CT molecular complexity index is 788. The number of hydrogen-bond acceptors (Lipinski definition) is 3. The van der Waals surface area contributed by atoms with E-state index in [1.807, 2.05) is 12.1 Å². The Morgan fingerprint density at radius 1 is 0.955 bits per heavy atom. The number of nitrogens with zero attached hydrogens (tertiary/aromatic N) is 1. The van der Waals surface area contributed by atoms with E-state index in [1.165, 1.54) is 0 Å². The normalized spacial score (nSPS) is 11.2. The molecule has 2 aromatic carbocycles. The van der Waals surface area contributed by atoms with Gasteiger partial charge >= 0.3 is 0 Å². The molecule has 3 aromatic rings. The first-order valence-electron chi connectivity index (χ1n) is 7.29. The molecule has 1 aromatic heterocycles. The molecule has 22 heavy (non-hydrogen) atoms. The number of ether oxygens (including phenoxy) is 1. The average molecular weight is 297 g/mol. The van der Waals surface area contributed by atoms with Gasteiger partial charge < -0.3 is 19.5 Å². The van der Waals surface area contributed by atoms with Crippen molar-refractivity contribution in [2.45, 2.75) is 26.5 Å². The van der Waals surface area contributed by atoms with E-state index in [0.29, 0.717) is 18.4 Å². The van der Waals surface area contributed by atoms with E-state index in [9.17, 15) is 10.2 Å². The lowest BCUT2D eigenvalue weighted by Crippen LogP contribution is -2.08. The Balaban J connectivity index is 1.92. The van der Waals surface area contributed by atoms with Crippen LogP contribution in [0.2, 0.25) is 0 Å². The minimum atomic E-state index is 0.221. The third-order valence-corrected chi connectivity index (χ3v) is 3.64. The van der Waals surface area contributed by atoms with Gasteiger partial charge in [0.15, 0.2) is 0 Å². The fourth-order valence-corrected chi connectivity index (χ4v) is 2.70. The topological polar surface area (TPSA) is 54.6 Å². The van der Waals surface area contributed by atoms with Crippen LogP contribution >= 0.6 is 0 Å². The van der Waals surface area contributed by atoms with Crippen molar-refractivity contribution in [2.75, 3.05) is 0 Å². The second-order valence-electron chi connectivity index (χ2n) is 5.63. The van der Waals surface area contributed by atoms with E-state index in [2.05, 4.69) is 18.4 Å². The Morgan fingerprint density at radius 3 is 2.32 bits per heavy atom. The summed E-state index contributed by atoms with van der Waals surface area (Å²) in [7, 11) is 0. The number of aromatic hydroxyl groups is 2. The molecule has 0 aliphatic rings. The molecular weight excluding hydrogens is 278 g/mol. The van der Waals surface area contributed by atoms with Crippen LogP contribution in [-0.4, -0.2) is 14.8 Å². The van der Waals surface area contributed by atoms with Gasteiger partial charge in [-0.05, 0) is 62.4 Å². The first kappa shape index (κ1) is 14.3. The van der Waals surface area contributed by atoms with Gasteiger partial charge in [0.2, 0.25) is 0 Å². The third-order valence-electron chi connectivity index (χ3n) is 3.64. The van der Waals surface area contributed by atoms with Crippen LogP contribution in [0.25, 0.3) is 10.9 Å². The van der Waals surface area contributed by atoms with Crippen LogP contribution in [0.3, 0.4) is 0 Å². The SMILES string of the molecule is CC(C)n1c(COc2ccc(O)cc2)cc2cc(O)ccc21. The minimum absolute atomic E-state index is 0.221. The fourth-order valence-electron chi connectivity index (χ4n) is 2.70. The summed E-state index contributed by atoms with van der Waals surface area (Å²) >= 11 is 0. The monoisotopic (exact) mass is 297 g/mol. The lowest BCUT2D eigenvalue weighted by Gasteiger charge is -2.15. The number of rotatable bonds is 4. The molecule has 0 saturated heterocycles. The van der Waals surface area contributed by atoms with Crippen LogP contribution in [0.5, 0.6) is 17.2 Å². The van der Waals surface area contributed by atoms with Crippen LogP contribution in [0.4, 0.5) is 0 Å². The molecule has 4 nitrogen and oxygen atoms in total. The predicted octanol–water partition coefficient (Wildman–Crippen LogP) is 4.21. The molecule has 0 saturated carbocycles. The highest BCUT2D eigenvalue weighted by Crippen LogP contribution is 2.28. The standard InChI is InChI=1S/C18H19NO3/c1-12(2)19-14(9-13-10-16(21)5-8-18(13)19)11-22-17-6-3-15(20)4-7-17/h3-10,12,20-21H,11H2,1-2H3. The quantitative estimate of drug-likeness (QED) is 0.758. The average Bonchev–Trinajstić information content (AvgIpc) is 2.84. The molecular formula is C18H19NO3. The van der Waals surface area contributed by atoms with Gasteiger partial charge in [-0.3, -0.25) is 0 Å². The summed E-state index contributed by atoms with van der Waals surface area (Å²) in [6.07, 6.45) is 0. The highest BCUT2D eigenvalue weighted by molar-refractivity contribution is 5.83. The second-order valence-corrected chi connectivity index (χ2v) is 5.63. The largest absolute Gasteiger partial charge is 0.508 e. The van der Waals surface area contributed by atoms with E-state index in [4.69, 9.17) is 4.74 Å². The van der Waals surface area contributed by atoms with Crippen LogP contribution in [0.1, 0.15) is 25.6 Å². The molecule has 0 fully saturated rings. The smallest absolute Gasteiger partial charge is 0.128 e. The van der Waals surface area contributed by atoms with E-state index in [1.54, 1.807) is 36.4 Å². The summed E-state index contributed by atoms with van der Waals surface area (Å²) in [5.41, 5.74) is 2.13. The van der Waals surface area contributed by atoms with Gasteiger partial charge in [0.25, 0.3) is 0 Å². The molecule has 0 aliphatic heterocycles. The summed E-state index contributed by atoms with van der Waals surface area (Å²) in [5, 5.41) is 19.9. The Morgan fingerprint density at radius 2 is 1.64 bits per heavy atom. The van der Waals surface area contributed by atoms with Crippen LogP contribution in [0.15, 0.2) is 48.5 Å². The Kier molecular flexibility index (Phi) is 3.67. The third kappa shape index (κ3) is 2.72. The predicted molar refractivity (Wildman–Crippen MR) is 86.4 cm³/mol. The molecule has 1 heterocycles. The molecule has 0 radical (unpaired) electrons. The number of fused-ring (bicyclic) bond motifs is 1. The minimum Gasteiger partial charge on any atom is -0.508 e. The maximum atomic E-state index is 9.64. The highest BCUT2D eigenvalue weighted by atomic mass is 16.5. The molecule has 4 heteroatoms. The zero-order chi connectivity index (χ0) is 15.7. The van der Waals surface area contributed by atoms with E-state index in [0.717, 1.165) is 16.6 Å². The van der Waals surface area contributed by atoms with Crippen LogP contribution in [-0.2, 0) is 6.61 Å². The van der Waals surface area contributed by atoms with Crippen molar-refractivity contribution in [3.05, 3.63) is 54.2 Å². The van der Waals surface area contributed by atoms with Crippen molar-refractivity contribution in [1.29, 1.82) is 0 Å². The van der Waals surface area contributed by atoms with Gasteiger partial charge in [0.05, 0.1) is 5.69 Å². The molecule has 3 rings (SSSR count). The number of hydrogen-bond donors (Lipinski definition) is 2. The summed E-state index contributed by atoms with van der Waals surface area (Å²) in [6.45, 7) is 4.67. The summed E-state index contributed by atoms with van der Waals surface area (Å²) < 4.78 is 8.01. The van der Waals surface area contributed by atoms with Crippen molar-refractivity contribution in [2.24, 2.45) is 0 Å². The molecule has 0 amide bonds. The number of phenolic OH excluding ortho intramolecular Hbond substituents is 2. The maximum absolute atomic E-state index is 9.64. The van der Waals surface area contributed by atoms with Crippen molar-refractivity contribution >= 4 is 10.9 Å². The molecule has 114 valence electrons. The molecule has 0 atom stereocenters. The van der Waals surface area contributed by atoms with Gasteiger partial charge in [-0.15, -0.1) is 0 Å². The van der Waals surface area contributed by atoms with Gasteiger partial charge in [0, 0.05) is 16.9 Å². The van der Waals surface area contributed by atoms with Crippen molar-refractivity contribution in [3.63, 3.8) is 0 Å². The molecule has 0 spiro atoms. The van der Waals surface area contributed by atoms with E-state index < -0.39 is 0 Å². The number of benzene rings is 2. The Hall–Kier alpha value is -2.62. The molecule has 0 aliphatic carbocycles. The van der Waals surface area contributed by atoms with Gasteiger partial charge in [-0.2, -0.15) is 0 Å². The number of aromatic nitrogens is 1. The maximum Gasteiger partial charge on any atom is 0.128 e. The Labute approximate surface area is 129 Å². The summed E-state index contributed by atoms with van der Waals surface area (Å²) in [4.78, 5) is 0. The van der Waals surface area contributed by atoms with Crippen molar-refractivity contribution in [3.8, 4) is 17.2 Å². The van der Waals surface area contributed by atoms with Crippen molar-refractivity contribution in [1.82, 2.24) is 4.57 Å². The van der Waals surface area contributed by atoms with Crippen LogP contribution < -0.4 is 4.74 Å². The second kappa shape index (κ2) is 5.64. The summed E-state index contributed by atoms with van der Waals surface area (Å²) in [6, 6.07) is 14.4. The van der Waals surface area contributed by atoms with Gasteiger partial charge in [-0.1, -0.05) is 0 Å². The lowest BCUT2D eigenvalue weighted by molar-refractivity contribution is 0.292. The summed E-state index contributed by atoms with van der Waals surface area (Å²) in [5.74, 6) is 1.19. The first-order chi connectivity index (χ1) is 10.5.